The van der Waals surface area contributed by atoms with Gasteiger partial charge in [-0.25, -0.2) is 0 Å². The van der Waals surface area contributed by atoms with Gasteiger partial charge < -0.3 is 9.84 Å². The van der Waals surface area contributed by atoms with Crippen LogP contribution in [0.2, 0.25) is 0 Å². The van der Waals surface area contributed by atoms with Gasteiger partial charge >= 0.3 is 5.97 Å². The van der Waals surface area contributed by atoms with Gasteiger partial charge in [-0.05, 0) is 38.0 Å². The molecule has 4 nitrogen and oxygen atoms in total. The number of carboxylic acid groups (broad SMARTS) is 1. The zero-order valence-electron chi connectivity index (χ0n) is 11.5. The zero-order chi connectivity index (χ0) is 13.2. The molecule has 1 saturated heterocycles. The summed E-state index contributed by atoms with van der Waals surface area (Å²) >= 11 is 0. The van der Waals surface area contributed by atoms with Crippen LogP contribution in [0, 0.1) is 11.3 Å². The summed E-state index contributed by atoms with van der Waals surface area (Å²) < 4.78 is 5.35. The summed E-state index contributed by atoms with van der Waals surface area (Å²) in [6.45, 7) is 4.79. The molecule has 18 heavy (non-hydrogen) atoms. The van der Waals surface area contributed by atoms with Crippen LogP contribution >= 0.6 is 0 Å². The van der Waals surface area contributed by atoms with Crippen LogP contribution in [-0.4, -0.2) is 48.8 Å². The molecule has 1 aliphatic heterocycles. The maximum Gasteiger partial charge on any atom is 0.310 e. The van der Waals surface area contributed by atoms with E-state index in [1.54, 1.807) is 7.11 Å². The second kappa shape index (κ2) is 5.57. The minimum atomic E-state index is -0.602. The lowest BCUT2D eigenvalue weighted by atomic mass is 9.70. The Bertz CT molecular complexity index is 297. The lowest BCUT2D eigenvalue weighted by molar-refractivity contribution is -0.153. The molecule has 4 heteroatoms. The van der Waals surface area contributed by atoms with Crippen LogP contribution in [0.3, 0.4) is 0 Å². The SMILES string of the molecule is COC1CCN(CC2(C(=O)O)CCC(C)CC2)C1. The van der Waals surface area contributed by atoms with Crippen molar-refractivity contribution >= 4 is 5.97 Å². The van der Waals surface area contributed by atoms with Crippen molar-refractivity contribution < 1.29 is 14.6 Å². The summed E-state index contributed by atoms with van der Waals surface area (Å²) in [5.74, 6) is 0.0815. The molecule has 1 heterocycles. The Labute approximate surface area is 109 Å². The van der Waals surface area contributed by atoms with Crippen molar-refractivity contribution in [1.29, 1.82) is 0 Å². The highest BCUT2D eigenvalue weighted by atomic mass is 16.5. The van der Waals surface area contributed by atoms with Gasteiger partial charge in [0.25, 0.3) is 0 Å². The summed E-state index contributed by atoms with van der Waals surface area (Å²) in [4.78, 5) is 13.9. The van der Waals surface area contributed by atoms with Gasteiger partial charge in [-0.1, -0.05) is 6.92 Å². The predicted molar refractivity (Wildman–Crippen MR) is 69.6 cm³/mol. The molecule has 0 bridgehead atoms. The van der Waals surface area contributed by atoms with Gasteiger partial charge in [0.05, 0.1) is 11.5 Å². The molecule has 1 N–H and O–H groups in total. The third kappa shape index (κ3) is 2.86. The average Bonchev–Trinajstić information content (AvgIpc) is 2.79. The summed E-state index contributed by atoms with van der Waals surface area (Å²) in [5, 5.41) is 9.60. The summed E-state index contributed by atoms with van der Waals surface area (Å²) in [5.41, 5.74) is -0.505. The van der Waals surface area contributed by atoms with E-state index in [2.05, 4.69) is 11.8 Å². The number of aliphatic carboxylic acids is 1. The number of nitrogens with zero attached hydrogens (tertiary/aromatic N) is 1. The molecule has 104 valence electrons. The van der Waals surface area contributed by atoms with Crippen LogP contribution in [0.5, 0.6) is 0 Å². The first-order valence-corrected chi connectivity index (χ1v) is 7.04. The Morgan fingerprint density at radius 3 is 2.56 bits per heavy atom. The summed E-state index contributed by atoms with van der Waals surface area (Å²) in [6, 6.07) is 0. The Balaban J connectivity index is 1.97. The molecule has 0 aromatic heterocycles. The van der Waals surface area contributed by atoms with Gasteiger partial charge in [-0.3, -0.25) is 9.69 Å². The number of carboxylic acids is 1. The van der Waals surface area contributed by atoms with E-state index in [0.29, 0.717) is 18.6 Å². The molecule has 2 fully saturated rings. The smallest absolute Gasteiger partial charge is 0.310 e. The minimum Gasteiger partial charge on any atom is -0.481 e. The first-order chi connectivity index (χ1) is 8.55. The third-order valence-corrected chi connectivity index (χ3v) is 4.77. The van der Waals surface area contributed by atoms with E-state index >= 15 is 0 Å². The van der Waals surface area contributed by atoms with Crippen LogP contribution < -0.4 is 0 Å². The number of hydrogen-bond donors (Lipinski definition) is 1. The second-order valence-corrected chi connectivity index (χ2v) is 6.15. The Kier molecular flexibility index (Phi) is 4.28. The molecule has 2 rings (SSSR count). The van der Waals surface area contributed by atoms with E-state index in [1.807, 2.05) is 0 Å². The first-order valence-electron chi connectivity index (χ1n) is 7.04. The van der Waals surface area contributed by atoms with Crippen LogP contribution in [-0.2, 0) is 9.53 Å². The fourth-order valence-corrected chi connectivity index (χ4v) is 3.32. The number of carbonyl (C=O) groups is 1. The van der Waals surface area contributed by atoms with Gasteiger partial charge in [0, 0.05) is 26.7 Å². The Hall–Kier alpha value is -0.610. The molecule has 1 atom stereocenters. The second-order valence-electron chi connectivity index (χ2n) is 6.15. The van der Waals surface area contributed by atoms with Gasteiger partial charge in [0.1, 0.15) is 0 Å². The van der Waals surface area contributed by atoms with Gasteiger partial charge in [-0.2, -0.15) is 0 Å². The van der Waals surface area contributed by atoms with E-state index < -0.39 is 11.4 Å². The molecule has 0 amide bonds. The normalized spacial score (nSPS) is 37.9. The summed E-state index contributed by atoms with van der Waals surface area (Å²) in [6.07, 6.45) is 5.08. The highest BCUT2D eigenvalue weighted by Gasteiger charge is 2.43. The Morgan fingerprint density at radius 1 is 1.39 bits per heavy atom. The van der Waals surface area contributed by atoms with Gasteiger partial charge in [0.15, 0.2) is 0 Å². The maximum absolute atomic E-state index is 11.7. The van der Waals surface area contributed by atoms with E-state index in [0.717, 1.165) is 45.2 Å². The van der Waals surface area contributed by atoms with Crippen molar-refractivity contribution in [2.75, 3.05) is 26.7 Å². The molecule has 1 aliphatic carbocycles. The lowest BCUT2D eigenvalue weighted by Gasteiger charge is -2.38. The van der Waals surface area contributed by atoms with E-state index in [4.69, 9.17) is 4.74 Å². The molecule has 2 aliphatic rings. The average molecular weight is 255 g/mol. The highest BCUT2D eigenvalue weighted by Crippen LogP contribution is 2.40. The topological polar surface area (TPSA) is 49.8 Å². The Morgan fingerprint density at radius 2 is 2.06 bits per heavy atom. The lowest BCUT2D eigenvalue weighted by Crippen LogP contribution is -2.45. The third-order valence-electron chi connectivity index (χ3n) is 4.77. The van der Waals surface area contributed by atoms with Crippen molar-refractivity contribution in [3.05, 3.63) is 0 Å². The molecule has 0 radical (unpaired) electrons. The fraction of sp³-hybridized carbons (Fsp3) is 0.929. The molecular formula is C14H25NO3. The van der Waals surface area contributed by atoms with Gasteiger partial charge in [-0.15, -0.1) is 0 Å². The van der Waals surface area contributed by atoms with E-state index in [9.17, 15) is 9.90 Å². The zero-order valence-corrected chi connectivity index (χ0v) is 11.5. The van der Waals surface area contributed by atoms with Crippen LogP contribution in [0.15, 0.2) is 0 Å². The van der Waals surface area contributed by atoms with Crippen LogP contribution in [0.25, 0.3) is 0 Å². The van der Waals surface area contributed by atoms with E-state index in [-0.39, 0.29) is 0 Å². The number of rotatable bonds is 4. The largest absolute Gasteiger partial charge is 0.481 e. The minimum absolute atomic E-state index is 0.290. The number of likely N-dealkylation sites (tertiary alicyclic amines) is 1. The highest BCUT2D eigenvalue weighted by molar-refractivity contribution is 5.75. The molecule has 1 saturated carbocycles. The maximum atomic E-state index is 11.7. The molecule has 0 aromatic carbocycles. The van der Waals surface area contributed by atoms with Crippen molar-refractivity contribution in [3.63, 3.8) is 0 Å². The van der Waals surface area contributed by atoms with E-state index in [1.165, 1.54) is 0 Å². The van der Waals surface area contributed by atoms with Crippen LogP contribution in [0.1, 0.15) is 39.0 Å². The van der Waals surface area contributed by atoms with Gasteiger partial charge in [0.2, 0.25) is 0 Å². The van der Waals surface area contributed by atoms with Crippen molar-refractivity contribution in [2.24, 2.45) is 11.3 Å². The fourth-order valence-electron chi connectivity index (χ4n) is 3.32. The molecule has 0 aromatic rings. The van der Waals surface area contributed by atoms with Crippen molar-refractivity contribution in [2.45, 2.75) is 45.1 Å². The van der Waals surface area contributed by atoms with Crippen molar-refractivity contribution in [3.8, 4) is 0 Å². The number of methoxy groups -OCH3 is 1. The van der Waals surface area contributed by atoms with Crippen molar-refractivity contribution in [1.82, 2.24) is 4.90 Å². The first kappa shape index (κ1) is 13.8. The quantitative estimate of drug-likeness (QED) is 0.834. The van der Waals surface area contributed by atoms with Crippen LogP contribution in [0.4, 0.5) is 0 Å². The molecule has 0 spiro atoms. The number of ether oxygens (including phenoxy) is 1. The predicted octanol–water partition coefficient (Wildman–Crippen LogP) is 1.99. The molecular weight excluding hydrogens is 230 g/mol. The standard InChI is InChI=1S/C14H25NO3/c1-11-3-6-14(7-4-11,13(16)17)10-15-8-5-12(9-15)18-2/h11-12H,3-10H2,1-2H3,(H,16,17). The molecule has 1 unspecified atom stereocenters. The number of hydrogen-bond acceptors (Lipinski definition) is 3. The monoisotopic (exact) mass is 255 g/mol. The summed E-state index contributed by atoms with van der Waals surface area (Å²) in [7, 11) is 1.74.